The van der Waals surface area contributed by atoms with E-state index >= 15 is 0 Å². The van der Waals surface area contributed by atoms with E-state index in [1.54, 1.807) is 4.90 Å². The molecule has 0 saturated carbocycles. The van der Waals surface area contributed by atoms with Crippen LogP contribution in [0.1, 0.15) is 43.9 Å². The van der Waals surface area contributed by atoms with Crippen molar-refractivity contribution in [3.8, 4) is 0 Å². The monoisotopic (exact) mass is 246 g/mol. The van der Waals surface area contributed by atoms with E-state index in [2.05, 4.69) is 37.4 Å². The maximum absolute atomic E-state index is 11.6. The van der Waals surface area contributed by atoms with Crippen molar-refractivity contribution in [2.45, 2.75) is 39.2 Å². The fourth-order valence-electron chi connectivity index (χ4n) is 2.42. The van der Waals surface area contributed by atoms with Gasteiger partial charge in [0.1, 0.15) is 0 Å². The van der Waals surface area contributed by atoms with Crippen molar-refractivity contribution < 1.29 is 4.79 Å². The Labute approximate surface area is 109 Å². The van der Waals surface area contributed by atoms with Gasteiger partial charge in [-0.05, 0) is 43.5 Å². The SMILES string of the molecule is CCCNC(C)c1ccc2c(c1)CCC(=O)N2C. The average Bonchev–Trinajstić information content (AvgIpc) is 2.40. The molecule has 2 rings (SSSR count). The van der Waals surface area contributed by atoms with Crippen molar-refractivity contribution in [2.24, 2.45) is 0 Å². The highest BCUT2D eigenvalue weighted by atomic mass is 16.2. The third-order valence-corrected chi connectivity index (χ3v) is 3.65. The van der Waals surface area contributed by atoms with Gasteiger partial charge in [0, 0.05) is 25.2 Å². The minimum atomic E-state index is 0.215. The van der Waals surface area contributed by atoms with Gasteiger partial charge in [0.25, 0.3) is 0 Å². The highest BCUT2D eigenvalue weighted by Gasteiger charge is 2.21. The largest absolute Gasteiger partial charge is 0.315 e. The second-order valence-corrected chi connectivity index (χ2v) is 5.02. The van der Waals surface area contributed by atoms with Gasteiger partial charge in [0.2, 0.25) is 5.91 Å². The molecule has 1 heterocycles. The molecule has 0 fully saturated rings. The lowest BCUT2D eigenvalue weighted by atomic mass is 9.97. The summed E-state index contributed by atoms with van der Waals surface area (Å²) in [6, 6.07) is 6.82. The summed E-state index contributed by atoms with van der Waals surface area (Å²) in [5.41, 5.74) is 3.67. The molecule has 3 nitrogen and oxygen atoms in total. The van der Waals surface area contributed by atoms with Crippen LogP contribution in [-0.4, -0.2) is 19.5 Å². The van der Waals surface area contributed by atoms with Crippen molar-refractivity contribution in [1.82, 2.24) is 5.32 Å². The van der Waals surface area contributed by atoms with Gasteiger partial charge < -0.3 is 10.2 Å². The van der Waals surface area contributed by atoms with Gasteiger partial charge in [0.15, 0.2) is 0 Å². The first-order valence-corrected chi connectivity index (χ1v) is 6.76. The minimum Gasteiger partial charge on any atom is -0.315 e. The molecule has 18 heavy (non-hydrogen) atoms. The number of nitrogens with one attached hydrogen (secondary N) is 1. The predicted octanol–water partition coefficient (Wildman–Crippen LogP) is 2.66. The summed E-state index contributed by atoms with van der Waals surface area (Å²) in [6.07, 6.45) is 2.64. The van der Waals surface area contributed by atoms with Crippen LogP contribution in [0, 0.1) is 0 Å². The Morgan fingerprint density at radius 2 is 2.17 bits per heavy atom. The van der Waals surface area contributed by atoms with Crippen LogP contribution in [0.2, 0.25) is 0 Å². The topological polar surface area (TPSA) is 32.3 Å². The zero-order chi connectivity index (χ0) is 13.1. The maximum atomic E-state index is 11.6. The summed E-state index contributed by atoms with van der Waals surface area (Å²) in [4.78, 5) is 13.4. The van der Waals surface area contributed by atoms with Gasteiger partial charge >= 0.3 is 0 Å². The number of aryl methyl sites for hydroxylation is 1. The molecular formula is C15H22N2O. The number of fused-ring (bicyclic) bond motifs is 1. The quantitative estimate of drug-likeness (QED) is 0.886. The highest BCUT2D eigenvalue weighted by molar-refractivity contribution is 5.95. The third kappa shape index (κ3) is 2.56. The van der Waals surface area contributed by atoms with Gasteiger partial charge in [-0.25, -0.2) is 0 Å². The number of carbonyl (C=O) groups excluding carboxylic acids is 1. The molecule has 0 bridgehead atoms. The lowest BCUT2D eigenvalue weighted by Gasteiger charge is -2.27. The molecule has 1 aromatic rings. The minimum absolute atomic E-state index is 0.215. The number of carbonyl (C=O) groups is 1. The Hall–Kier alpha value is -1.35. The fourth-order valence-corrected chi connectivity index (χ4v) is 2.42. The van der Waals surface area contributed by atoms with Gasteiger partial charge in [-0.3, -0.25) is 4.79 Å². The number of hydrogen-bond donors (Lipinski definition) is 1. The summed E-state index contributed by atoms with van der Waals surface area (Å²) >= 11 is 0. The van der Waals surface area contributed by atoms with Gasteiger partial charge in [-0.15, -0.1) is 0 Å². The van der Waals surface area contributed by atoms with E-state index in [4.69, 9.17) is 0 Å². The number of benzene rings is 1. The van der Waals surface area contributed by atoms with E-state index in [1.165, 1.54) is 11.1 Å². The van der Waals surface area contributed by atoms with Crippen LogP contribution in [0.4, 0.5) is 5.69 Å². The van der Waals surface area contributed by atoms with Gasteiger partial charge in [-0.2, -0.15) is 0 Å². The number of amides is 1. The molecule has 0 spiro atoms. The standard InChI is InChI=1S/C15H22N2O/c1-4-9-16-11(2)12-5-7-14-13(10-12)6-8-15(18)17(14)3/h5,7,10-11,16H,4,6,8-9H2,1-3H3. The Kier molecular flexibility index (Phi) is 4.02. The first-order chi connectivity index (χ1) is 8.63. The van der Waals surface area contributed by atoms with Crippen LogP contribution < -0.4 is 10.2 Å². The van der Waals surface area contributed by atoms with Gasteiger partial charge in [-0.1, -0.05) is 19.1 Å². The summed E-state index contributed by atoms with van der Waals surface area (Å²) in [5, 5.41) is 3.49. The molecule has 1 unspecified atom stereocenters. The Balaban J connectivity index is 2.20. The van der Waals surface area contributed by atoms with Gasteiger partial charge in [0.05, 0.1) is 0 Å². The van der Waals surface area contributed by atoms with Crippen LogP contribution in [-0.2, 0) is 11.2 Å². The molecule has 1 N–H and O–H groups in total. The summed E-state index contributed by atoms with van der Waals surface area (Å²) in [6.45, 7) is 5.40. The van der Waals surface area contributed by atoms with Crippen molar-refractivity contribution >= 4 is 11.6 Å². The van der Waals surface area contributed by atoms with Crippen LogP contribution in [0.25, 0.3) is 0 Å². The Bertz CT molecular complexity index is 442. The molecular weight excluding hydrogens is 224 g/mol. The molecule has 98 valence electrons. The molecule has 0 saturated heterocycles. The summed E-state index contributed by atoms with van der Waals surface area (Å²) in [5.74, 6) is 0.215. The number of nitrogens with zero attached hydrogens (tertiary/aromatic N) is 1. The van der Waals surface area contributed by atoms with Crippen LogP contribution in [0.15, 0.2) is 18.2 Å². The molecule has 3 heteroatoms. The molecule has 1 aliphatic rings. The Morgan fingerprint density at radius 1 is 1.39 bits per heavy atom. The molecule has 0 aliphatic carbocycles. The summed E-state index contributed by atoms with van der Waals surface area (Å²) in [7, 11) is 1.86. The van der Waals surface area contributed by atoms with Crippen LogP contribution >= 0.6 is 0 Å². The maximum Gasteiger partial charge on any atom is 0.227 e. The van der Waals surface area contributed by atoms with E-state index < -0.39 is 0 Å². The van der Waals surface area contributed by atoms with Crippen molar-refractivity contribution in [1.29, 1.82) is 0 Å². The lowest BCUT2D eigenvalue weighted by molar-refractivity contribution is -0.118. The molecule has 1 amide bonds. The zero-order valence-electron chi connectivity index (χ0n) is 11.5. The smallest absolute Gasteiger partial charge is 0.227 e. The molecule has 1 aliphatic heterocycles. The number of rotatable bonds is 4. The Morgan fingerprint density at radius 3 is 2.89 bits per heavy atom. The van der Waals surface area contributed by atoms with E-state index in [9.17, 15) is 4.79 Å². The number of hydrogen-bond acceptors (Lipinski definition) is 2. The molecule has 1 aromatic carbocycles. The van der Waals surface area contributed by atoms with E-state index in [0.717, 1.165) is 25.1 Å². The van der Waals surface area contributed by atoms with E-state index in [0.29, 0.717) is 12.5 Å². The first-order valence-electron chi connectivity index (χ1n) is 6.76. The van der Waals surface area contributed by atoms with Crippen molar-refractivity contribution in [3.63, 3.8) is 0 Å². The first kappa shape index (κ1) is 13.1. The van der Waals surface area contributed by atoms with Crippen LogP contribution in [0.5, 0.6) is 0 Å². The molecule has 1 atom stereocenters. The van der Waals surface area contributed by atoms with Crippen molar-refractivity contribution in [3.05, 3.63) is 29.3 Å². The second kappa shape index (κ2) is 5.53. The van der Waals surface area contributed by atoms with Crippen molar-refractivity contribution in [2.75, 3.05) is 18.5 Å². The molecule has 0 aromatic heterocycles. The lowest BCUT2D eigenvalue weighted by Crippen LogP contribution is -2.31. The van der Waals surface area contributed by atoms with E-state index in [1.807, 2.05) is 7.05 Å². The average molecular weight is 246 g/mol. The second-order valence-electron chi connectivity index (χ2n) is 5.02. The summed E-state index contributed by atoms with van der Waals surface area (Å²) < 4.78 is 0. The molecule has 0 radical (unpaired) electrons. The predicted molar refractivity (Wildman–Crippen MR) is 74.9 cm³/mol. The normalized spacial score (nSPS) is 16.6. The third-order valence-electron chi connectivity index (χ3n) is 3.65. The number of anilines is 1. The highest BCUT2D eigenvalue weighted by Crippen LogP contribution is 2.29. The fraction of sp³-hybridized carbons (Fsp3) is 0.533. The van der Waals surface area contributed by atoms with E-state index in [-0.39, 0.29) is 5.91 Å². The zero-order valence-corrected chi connectivity index (χ0v) is 11.5. The van der Waals surface area contributed by atoms with Crippen LogP contribution in [0.3, 0.4) is 0 Å².